The highest BCUT2D eigenvalue weighted by atomic mass is 16.6. The Hall–Kier alpha value is -1.85. The van der Waals surface area contributed by atoms with Crippen LogP contribution in [0.25, 0.3) is 0 Å². The fourth-order valence-corrected chi connectivity index (χ4v) is 9.03. The summed E-state index contributed by atoms with van der Waals surface area (Å²) in [5.41, 5.74) is 0. The van der Waals surface area contributed by atoms with Crippen molar-refractivity contribution in [1.29, 1.82) is 0 Å². The molecule has 0 aliphatic carbocycles. The molecule has 0 fully saturated rings. The second-order valence-electron chi connectivity index (χ2n) is 20.3. The van der Waals surface area contributed by atoms with Crippen LogP contribution in [0.2, 0.25) is 0 Å². The fourth-order valence-electron chi connectivity index (χ4n) is 9.03. The number of rotatable bonds is 55. The van der Waals surface area contributed by atoms with Crippen LogP contribution in [0.4, 0.5) is 0 Å². The number of carbonyl (C=O) groups excluding carboxylic acids is 3. The van der Waals surface area contributed by atoms with Gasteiger partial charge in [0.2, 0.25) is 0 Å². The van der Waals surface area contributed by atoms with Gasteiger partial charge in [0.05, 0.1) is 0 Å². The molecule has 0 amide bonds. The van der Waals surface area contributed by atoms with Crippen LogP contribution in [0.1, 0.15) is 335 Å². The first-order valence-corrected chi connectivity index (χ1v) is 29.7. The summed E-state index contributed by atoms with van der Waals surface area (Å²) in [6.07, 6.45) is 63.4. The Morgan fingerprint density at radius 1 is 0.288 bits per heavy atom. The summed E-state index contributed by atoms with van der Waals surface area (Å²) < 4.78 is 16.9. The number of esters is 3. The minimum Gasteiger partial charge on any atom is -0.462 e. The molecule has 66 heavy (non-hydrogen) atoms. The minimum absolute atomic E-state index is 0.0642. The Morgan fingerprint density at radius 2 is 0.500 bits per heavy atom. The van der Waals surface area contributed by atoms with E-state index in [1.807, 2.05) is 0 Å². The number of ether oxygens (including phenoxy) is 3. The van der Waals surface area contributed by atoms with Gasteiger partial charge in [-0.2, -0.15) is 0 Å². The summed E-state index contributed by atoms with van der Waals surface area (Å²) in [5.74, 6) is -0.840. The predicted octanol–water partition coefficient (Wildman–Crippen LogP) is 19.7. The summed E-state index contributed by atoms with van der Waals surface area (Å²) in [6, 6.07) is 0. The van der Waals surface area contributed by atoms with E-state index in [0.29, 0.717) is 19.3 Å². The van der Waals surface area contributed by atoms with Crippen LogP contribution in [-0.4, -0.2) is 37.2 Å². The summed E-state index contributed by atoms with van der Waals surface area (Å²) in [6.45, 7) is 6.70. The Bertz CT molecular complexity index is 1020. The fraction of sp³-hybridized carbons (Fsp3) is 0.917. The molecule has 6 nitrogen and oxygen atoms in total. The molecule has 0 aromatic carbocycles. The molecule has 0 aromatic heterocycles. The minimum atomic E-state index is -0.765. The smallest absolute Gasteiger partial charge is 0.306 e. The van der Waals surface area contributed by atoms with Crippen LogP contribution in [-0.2, 0) is 28.6 Å². The quantitative estimate of drug-likeness (QED) is 0.0262. The van der Waals surface area contributed by atoms with Crippen molar-refractivity contribution in [2.24, 2.45) is 0 Å². The van der Waals surface area contributed by atoms with E-state index in [1.54, 1.807) is 0 Å². The molecule has 0 bridgehead atoms. The molecule has 0 N–H and O–H groups in total. The van der Waals surface area contributed by atoms with Crippen molar-refractivity contribution in [3.05, 3.63) is 12.2 Å². The summed E-state index contributed by atoms with van der Waals surface area (Å²) >= 11 is 0. The molecule has 0 saturated heterocycles. The van der Waals surface area contributed by atoms with Gasteiger partial charge in [0.1, 0.15) is 13.2 Å². The van der Waals surface area contributed by atoms with E-state index in [0.717, 1.165) is 57.8 Å². The van der Waals surface area contributed by atoms with E-state index < -0.39 is 6.10 Å². The lowest BCUT2D eigenvalue weighted by atomic mass is 10.0. The van der Waals surface area contributed by atoms with Crippen molar-refractivity contribution in [3.63, 3.8) is 0 Å². The Morgan fingerprint density at radius 3 is 0.758 bits per heavy atom. The lowest BCUT2D eigenvalue weighted by Crippen LogP contribution is -2.30. The molecule has 0 saturated carbocycles. The maximum Gasteiger partial charge on any atom is 0.306 e. The summed E-state index contributed by atoms with van der Waals surface area (Å²) in [4.78, 5) is 38.2. The number of carbonyl (C=O) groups is 3. The van der Waals surface area contributed by atoms with Crippen molar-refractivity contribution < 1.29 is 28.6 Å². The van der Waals surface area contributed by atoms with Crippen molar-refractivity contribution in [2.45, 2.75) is 341 Å². The van der Waals surface area contributed by atoms with Crippen LogP contribution in [0.5, 0.6) is 0 Å². The highest BCUT2D eigenvalue weighted by Crippen LogP contribution is 2.17. The van der Waals surface area contributed by atoms with Crippen molar-refractivity contribution in [1.82, 2.24) is 0 Å². The second-order valence-corrected chi connectivity index (χ2v) is 20.3. The Balaban J connectivity index is 4.29. The second kappa shape index (κ2) is 55.7. The molecule has 0 aromatic rings. The average molecular weight is 932 g/mol. The van der Waals surface area contributed by atoms with Crippen LogP contribution < -0.4 is 0 Å². The highest BCUT2D eigenvalue weighted by Gasteiger charge is 2.19. The van der Waals surface area contributed by atoms with E-state index in [4.69, 9.17) is 14.2 Å². The maximum atomic E-state index is 12.9. The number of hydrogen-bond acceptors (Lipinski definition) is 6. The largest absolute Gasteiger partial charge is 0.462 e. The molecule has 0 rings (SSSR count). The first-order chi connectivity index (χ1) is 32.5. The van der Waals surface area contributed by atoms with Crippen LogP contribution in [0.3, 0.4) is 0 Å². The average Bonchev–Trinajstić information content (AvgIpc) is 3.31. The zero-order valence-electron chi connectivity index (χ0n) is 44.7. The van der Waals surface area contributed by atoms with Gasteiger partial charge in [-0.25, -0.2) is 0 Å². The van der Waals surface area contributed by atoms with Gasteiger partial charge in [-0.3, -0.25) is 14.4 Å². The zero-order chi connectivity index (χ0) is 47.9. The molecule has 0 radical (unpaired) electrons. The molecule has 390 valence electrons. The van der Waals surface area contributed by atoms with Crippen LogP contribution in [0, 0.1) is 0 Å². The monoisotopic (exact) mass is 931 g/mol. The van der Waals surface area contributed by atoms with Gasteiger partial charge in [0.25, 0.3) is 0 Å². The van der Waals surface area contributed by atoms with E-state index in [-0.39, 0.29) is 31.1 Å². The lowest BCUT2D eigenvalue weighted by molar-refractivity contribution is -0.167. The molecule has 0 spiro atoms. The van der Waals surface area contributed by atoms with Gasteiger partial charge in [-0.05, 0) is 44.9 Å². The highest BCUT2D eigenvalue weighted by molar-refractivity contribution is 5.71. The first-order valence-electron chi connectivity index (χ1n) is 29.7. The molecule has 1 atom stereocenters. The van der Waals surface area contributed by atoms with Crippen LogP contribution in [0.15, 0.2) is 12.2 Å². The van der Waals surface area contributed by atoms with Crippen LogP contribution >= 0.6 is 0 Å². The Kier molecular flexibility index (Phi) is 54.2. The van der Waals surface area contributed by atoms with Crippen molar-refractivity contribution >= 4 is 17.9 Å². The zero-order valence-corrected chi connectivity index (χ0v) is 44.7. The summed E-state index contributed by atoms with van der Waals surface area (Å²) in [7, 11) is 0. The number of hydrogen-bond donors (Lipinski definition) is 0. The Labute approximate surface area is 411 Å². The van der Waals surface area contributed by atoms with Gasteiger partial charge in [-0.1, -0.05) is 283 Å². The standard InChI is InChI=1S/C60H114O6/c1-4-7-10-13-16-19-22-25-28-29-30-31-33-35-38-41-44-47-50-53-59(62)65-56-57(55-64-58(61)52-49-46-43-40-37-34-27-24-21-18-15-12-9-6-3)66-60(63)54-51-48-45-42-39-36-32-26-23-20-17-14-11-8-5-2/h25,28,57H,4-24,26-27,29-56H2,1-3H3/b28-25+/t57-/m1/s1. The molecule has 0 unspecified atom stereocenters. The van der Waals surface area contributed by atoms with E-state index in [1.165, 1.54) is 238 Å². The van der Waals surface area contributed by atoms with Crippen molar-refractivity contribution in [3.8, 4) is 0 Å². The number of allylic oxidation sites excluding steroid dienone is 2. The van der Waals surface area contributed by atoms with E-state index in [2.05, 4.69) is 32.9 Å². The lowest BCUT2D eigenvalue weighted by Gasteiger charge is -2.18. The van der Waals surface area contributed by atoms with E-state index in [9.17, 15) is 14.4 Å². The normalized spacial score (nSPS) is 12.0. The molecule has 0 aliphatic heterocycles. The van der Waals surface area contributed by atoms with E-state index >= 15 is 0 Å². The third kappa shape index (κ3) is 53.1. The predicted molar refractivity (Wildman–Crippen MR) is 284 cm³/mol. The third-order valence-corrected chi connectivity index (χ3v) is 13.5. The molecule has 6 heteroatoms. The molecular weight excluding hydrogens is 817 g/mol. The molecular formula is C60H114O6. The van der Waals surface area contributed by atoms with Gasteiger partial charge in [0.15, 0.2) is 6.10 Å². The maximum absolute atomic E-state index is 12.9. The SMILES string of the molecule is CCCCCCCC/C=C/CCCCCCCCCCCC(=O)OC[C@@H](COC(=O)CCCCCCCCCCCCCCCC)OC(=O)CCCCCCCCCCCCCCCCC. The van der Waals surface area contributed by atoms with Gasteiger partial charge in [0, 0.05) is 19.3 Å². The summed E-state index contributed by atoms with van der Waals surface area (Å²) in [5, 5.41) is 0. The van der Waals surface area contributed by atoms with Gasteiger partial charge < -0.3 is 14.2 Å². The van der Waals surface area contributed by atoms with Gasteiger partial charge >= 0.3 is 17.9 Å². The van der Waals surface area contributed by atoms with Crippen molar-refractivity contribution in [2.75, 3.05) is 13.2 Å². The first kappa shape index (κ1) is 64.2. The topological polar surface area (TPSA) is 78.9 Å². The third-order valence-electron chi connectivity index (χ3n) is 13.5. The molecule has 0 aliphatic rings. The van der Waals surface area contributed by atoms with Gasteiger partial charge in [-0.15, -0.1) is 0 Å². The molecule has 0 heterocycles. The number of unbranched alkanes of at least 4 members (excludes halogenated alkanes) is 42.